The molecule has 0 saturated heterocycles. The Labute approximate surface area is 177 Å². The number of pyridine rings is 2. The van der Waals surface area contributed by atoms with E-state index in [9.17, 15) is 18.0 Å². The van der Waals surface area contributed by atoms with E-state index in [1.165, 1.54) is 18.3 Å². The van der Waals surface area contributed by atoms with Gasteiger partial charge in [-0.3, -0.25) is 9.78 Å². The number of rotatable bonds is 8. The summed E-state index contributed by atoms with van der Waals surface area (Å²) in [7, 11) is 0. The largest absolute Gasteiger partial charge is 0.573 e. The molecule has 3 aromatic rings. The number of amides is 1. The van der Waals surface area contributed by atoms with Crippen molar-refractivity contribution in [3.05, 3.63) is 66.6 Å². The summed E-state index contributed by atoms with van der Waals surface area (Å²) < 4.78 is 40.6. The van der Waals surface area contributed by atoms with Gasteiger partial charge in [-0.05, 0) is 42.8 Å². The van der Waals surface area contributed by atoms with Crippen molar-refractivity contribution in [3.63, 3.8) is 0 Å². The minimum atomic E-state index is -4.77. The number of hydrogen-bond donors (Lipinski definition) is 2. The molecule has 0 radical (unpaired) electrons. The Morgan fingerprint density at radius 1 is 1.13 bits per heavy atom. The maximum Gasteiger partial charge on any atom is 0.573 e. The lowest BCUT2D eigenvalue weighted by Gasteiger charge is -2.13. The minimum Gasteiger partial charge on any atom is -0.406 e. The van der Waals surface area contributed by atoms with Gasteiger partial charge in [0.25, 0.3) is 5.91 Å². The molecule has 1 aromatic carbocycles. The summed E-state index contributed by atoms with van der Waals surface area (Å²) in [6.07, 6.45) is 2.02. The molecule has 3 rings (SSSR count). The number of unbranched alkanes of at least 4 members (excludes halogenated alkanes) is 1. The molecule has 0 aliphatic heterocycles. The monoisotopic (exact) mass is 430 g/mol. The van der Waals surface area contributed by atoms with Crippen LogP contribution in [0.5, 0.6) is 5.75 Å². The van der Waals surface area contributed by atoms with Gasteiger partial charge in [0.1, 0.15) is 11.6 Å². The van der Waals surface area contributed by atoms with Crippen molar-refractivity contribution in [2.24, 2.45) is 0 Å². The number of nitrogens with zero attached hydrogens (tertiary/aromatic N) is 2. The van der Waals surface area contributed by atoms with Gasteiger partial charge in [0.2, 0.25) is 0 Å². The highest BCUT2D eigenvalue weighted by molar-refractivity contribution is 6.05. The molecule has 0 aliphatic rings. The van der Waals surface area contributed by atoms with Gasteiger partial charge in [0.05, 0.1) is 5.56 Å². The number of ether oxygens (including phenoxy) is 1. The third-order valence-corrected chi connectivity index (χ3v) is 4.29. The number of alkyl halides is 3. The zero-order valence-corrected chi connectivity index (χ0v) is 16.7. The Balaban J connectivity index is 1.79. The highest BCUT2D eigenvalue weighted by Gasteiger charge is 2.31. The first-order valence-electron chi connectivity index (χ1n) is 9.67. The van der Waals surface area contributed by atoms with Crippen molar-refractivity contribution in [1.29, 1.82) is 0 Å². The number of carbonyl (C=O) groups is 1. The van der Waals surface area contributed by atoms with Gasteiger partial charge in [-0.15, -0.1) is 13.2 Å². The molecule has 2 N–H and O–H groups in total. The van der Waals surface area contributed by atoms with Crippen molar-refractivity contribution >= 4 is 17.4 Å². The molecule has 2 heterocycles. The zero-order chi connectivity index (χ0) is 22.3. The Morgan fingerprint density at radius 3 is 2.55 bits per heavy atom. The topological polar surface area (TPSA) is 76.1 Å². The lowest BCUT2D eigenvalue weighted by atomic mass is 10.1. The average Bonchev–Trinajstić information content (AvgIpc) is 2.75. The predicted octanol–water partition coefficient (Wildman–Crippen LogP) is 5.51. The molecule has 31 heavy (non-hydrogen) atoms. The number of hydrogen-bond acceptors (Lipinski definition) is 5. The van der Waals surface area contributed by atoms with E-state index in [1.54, 1.807) is 24.5 Å². The van der Waals surface area contributed by atoms with Crippen LogP contribution >= 0.6 is 0 Å². The van der Waals surface area contributed by atoms with E-state index in [4.69, 9.17) is 0 Å². The van der Waals surface area contributed by atoms with Crippen LogP contribution in [-0.4, -0.2) is 28.8 Å². The standard InChI is InChI=1S/C22H21F3N4O2/c1-2-3-11-27-20-19(15-5-4-10-26-13-15)12-16(14-28-20)21(30)29-17-6-8-18(9-7-17)31-22(23,24)25/h4-10,12-14H,2-3,11H2,1H3,(H,27,28)(H,29,30). The van der Waals surface area contributed by atoms with Gasteiger partial charge in [-0.25, -0.2) is 4.98 Å². The van der Waals surface area contributed by atoms with Crippen LogP contribution in [0.15, 0.2) is 61.1 Å². The maximum absolute atomic E-state index is 12.7. The first-order chi connectivity index (χ1) is 14.9. The molecule has 0 unspecified atom stereocenters. The third-order valence-electron chi connectivity index (χ3n) is 4.29. The molecule has 162 valence electrons. The molecule has 0 bridgehead atoms. The van der Waals surface area contributed by atoms with Crippen molar-refractivity contribution in [3.8, 4) is 16.9 Å². The molecule has 6 nitrogen and oxygen atoms in total. The highest BCUT2D eigenvalue weighted by atomic mass is 19.4. The number of benzene rings is 1. The second-order valence-corrected chi connectivity index (χ2v) is 6.67. The Hall–Kier alpha value is -3.62. The van der Waals surface area contributed by atoms with Crippen LogP contribution in [0.25, 0.3) is 11.1 Å². The molecular formula is C22H21F3N4O2. The third kappa shape index (κ3) is 6.43. The molecule has 0 aliphatic carbocycles. The minimum absolute atomic E-state index is 0.301. The van der Waals surface area contributed by atoms with Crippen LogP contribution in [0.3, 0.4) is 0 Å². The van der Waals surface area contributed by atoms with E-state index < -0.39 is 12.3 Å². The van der Waals surface area contributed by atoms with Gasteiger partial charge in [-0.2, -0.15) is 0 Å². The Kier molecular flexibility index (Phi) is 7.07. The summed E-state index contributed by atoms with van der Waals surface area (Å²) in [6.45, 7) is 2.83. The fourth-order valence-electron chi connectivity index (χ4n) is 2.80. The van der Waals surface area contributed by atoms with Crippen molar-refractivity contribution in [2.75, 3.05) is 17.2 Å². The second kappa shape index (κ2) is 9.92. The highest BCUT2D eigenvalue weighted by Crippen LogP contribution is 2.28. The average molecular weight is 430 g/mol. The van der Waals surface area contributed by atoms with Crippen LogP contribution in [0.2, 0.25) is 0 Å². The number of halogens is 3. The SMILES string of the molecule is CCCCNc1ncc(C(=O)Nc2ccc(OC(F)(F)F)cc2)cc1-c1cccnc1. The van der Waals surface area contributed by atoms with Crippen LogP contribution in [0.1, 0.15) is 30.1 Å². The van der Waals surface area contributed by atoms with E-state index >= 15 is 0 Å². The van der Waals surface area contributed by atoms with Crippen molar-refractivity contribution in [1.82, 2.24) is 9.97 Å². The number of aromatic nitrogens is 2. The first kappa shape index (κ1) is 22.1. The maximum atomic E-state index is 12.7. The fourth-order valence-corrected chi connectivity index (χ4v) is 2.80. The summed E-state index contributed by atoms with van der Waals surface area (Å²) in [5.41, 5.74) is 2.16. The molecule has 0 atom stereocenters. The molecule has 0 saturated carbocycles. The van der Waals surface area contributed by atoms with Crippen LogP contribution < -0.4 is 15.4 Å². The van der Waals surface area contributed by atoms with Gasteiger partial charge in [0, 0.05) is 41.9 Å². The molecule has 0 spiro atoms. The van der Waals surface area contributed by atoms with Crippen molar-refractivity contribution in [2.45, 2.75) is 26.1 Å². The Morgan fingerprint density at radius 2 is 1.90 bits per heavy atom. The Bertz CT molecular complexity index is 1010. The van der Waals surface area contributed by atoms with Crippen LogP contribution in [0, 0.1) is 0 Å². The number of carbonyl (C=O) groups excluding carboxylic acids is 1. The van der Waals surface area contributed by atoms with Gasteiger partial charge >= 0.3 is 6.36 Å². The normalized spacial score (nSPS) is 11.1. The van der Waals surface area contributed by atoms with E-state index in [0.29, 0.717) is 17.1 Å². The van der Waals surface area contributed by atoms with Crippen LogP contribution in [0.4, 0.5) is 24.7 Å². The fraction of sp³-hybridized carbons (Fsp3) is 0.227. The quantitative estimate of drug-likeness (QED) is 0.461. The van der Waals surface area contributed by atoms with E-state index in [0.717, 1.165) is 42.6 Å². The van der Waals surface area contributed by atoms with Crippen LogP contribution in [-0.2, 0) is 0 Å². The summed E-state index contributed by atoms with van der Waals surface area (Å²) >= 11 is 0. The summed E-state index contributed by atoms with van der Waals surface area (Å²) in [6, 6.07) is 10.3. The lowest BCUT2D eigenvalue weighted by Crippen LogP contribution is -2.17. The summed E-state index contributed by atoms with van der Waals surface area (Å²) in [5.74, 6) is -0.164. The van der Waals surface area contributed by atoms with E-state index in [2.05, 4.69) is 32.3 Å². The van der Waals surface area contributed by atoms with Gasteiger partial charge < -0.3 is 15.4 Å². The van der Waals surface area contributed by atoms with E-state index in [1.807, 2.05) is 6.07 Å². The molecule has 1 amide bonds. The molecule has 0 fully saturated rings. The van der Waals surface area contributed by atoms with E-state index in [-0.39, 0.29) is 5.75 Å². The summed E-state index contributed by atoms with van der Waals surface area (Å²) in [4.78, 5) is 21.2. The molecule has 2 aromatic heterocycles. The number of nitrogens with one attached hydrogen (secondary N) is 2. The lowest BCUT2D eigenvalue weighted by molar-refractivity contribution is -0.274. The molecular weight excluding hydrogens is 409 g/mol. The zero-order valence-electron chi connectivity index (χ0n) is 16.7. The second-order valence-electron chi connectivity index (χ2n) is 6.67. The van der Waals surface area contributed by atoms with Gasteiger partial charge in [0.15, 0.2) is 0 Å². The predicted molar refractivity (Wildman–Crippen MR) is 112 cm³/mol. The number of anilines is 2. The smallest absolute Gasteiger partial charge is 0.406 e. The molecule has 9 heteroatoms. The first-order valence-corrected chi connectivity index (χ1v) is 9.67. The van der Waals surface area contributed by atoms with Gasteiger partial charge in [-0.1, -0.05) is 19.4 Å². The summed E-state index contributed by atoms with van der Waals surface area (Å²) in [5, 5.41) is 5.92. The van der Waals surface area contributed by atoms with Crippen molar-refractivity contribution < 1.29 is 22.7 Å².